The van der Waals surface area contributed by atoms with Crippen LogP contribution in [0.2, 0.25) is 0 Å². The number of nitrogens with zero attached hydrogens (tertiary/aromatic N) is 4. The Morgan fingerprint density at radius 2 is 2.09 bits per heavy atom. The maximum atomic E-state index is 12.2. The highest BCUT2D eigenvalue weighted by atomic mass is 32.2. The summed E-state index contributed by atoms with van der Waals surface area (Å²) in [6.07, 6.45) is 1.74. The van der Waals surface area contributed by atoms with E-state index in [4.69, 9.17) is 9.15 Å². The van der Waals surface area contributed by atoms with Crippen LogP contribution in [0, 0.1) is 6.92 Å². The molecule has 2 aliphatic heterocycles. The second-order valence-electron chi connectivity index (χ2n) is 5.89. The zero-order valence-electron chi connectivity index (χ0n) is 13.0. The minimum Gasteiger partial charge on any atom is -0.408 e. The van der Waals surface area contributed by atoms with Crippen molar-refractivity contribution in [3.8, 4) is 0 Å². The smallest absolute Gasteiger partial charge is 0.318 e. The van der Waals surface area contributed by atoms with Crippen LogP contribution < -0.4 is 4.90 Å². The molecule has 0 aromatic carbocycles. The number of aromatic nitrogens is 2. The Labute approximate surface area is 130 Å². The van der Waals surface area contributed by atoms with E-state index in [-0.39, 0.29) is 5.75 Å². The third-order valence-corrected chi connectivity index (χ3v) is 6.13. The number of rotatable bonds is 3. The van der Waals surface area contributed by atoms with Crippen molar-refractivity contribution in [1.29, 1.82) is 0 Å². The Kier molecular flexibility index (Phi) is 4.13. The fourth-order valence-electron chi connectivity index (χ4n) is 3.15. The molecule has 1 aromatic heterocycles. The number of morpholine rings is 1. The number of hydrogen-bond donors (Lipinski definition) is 0. The molecule has 2 saturated heterocycles. The predicted molar refractivity (Wildman–Crippen MR) is 80.2 cm³/mol. The van der Waals surface area contributed by atoms with Gasteiger partial charge in [-0.2, -0.15) is 4.31 Å². The minimum absolute atomic E-state index is 0.121. The van der Waals surface area contributed by atoms with Crippen LogP contribution in [0.25, 0.3) is 0 Å². The SMILES string of the molecule is CCS(=O)(=O)N1CCO[C@@]2(CCCN(c3nnc(C)o3)C2)C1. The van der Waals surface area contributed by atoms with Crippen LogP contribution in [0.1, 0.15) is 25.7 Å². The van der Waals surface area contributed by atoms with Gasteiger partial charge in [0.2, 0.25) is 15.9 Å². The zero-order chi connectivity index (χ0) is 15.8. The molecule has 2 aliphatic rings. The van der Waals surface area contributed by atoms with Crippen molar-refractivity contribution in [3.63, 3.8) is 0 Å². The molecule has 1 atom stereocenters. The topological polar surface area (TPSA) is 88.8 Å². The maximum absolute atomic E-state index is 12.2. The zero-order valence-corrected chi connectivity index (χ0v) is 13.8. The van der Waals surface area contributed by atoms with Gasteiger partial charge in [0, 0.05) is 26.6 Å². The number of sulfonamides is 1. The van der Waals surface area contributed by atoms with Crippen molar-refractivity contribution in [2.75, 3.05) is 43.4 Å². The first-order valence-corrected chi connectivity index (χ1v) is 9.22. The second-order valence-corrected chi connectivity index (χ2v) is 8.15. The van der Waals surface area contributed by atoms with Crippen molar-refractivity contribution in [2.24, 2.45) is 0 Å². The van der Waals surface area contributed by atoms with E-state index in [2.05, 4.69) is 10.2 Å². The lowest BCUT2D eigenvalue weighted by Crippen LogP contribution is -2.61. The van der Waals surface area contributed by atoms with Gasteiger partial charge in [0.1, 0.15) is 0 Å². The average Bonchev–Trinajstić information content (AvgIpc) is 2.94. The summed E-state index contributed by atoms with van der Waals surface area (Å²) in [5, 5.41) is 7.91. The molecule has 0 bridgehead atoms. The van der Waals surface area contributed by atoms with Crippen LogP contribution in [-0.2, 0) is 14.8 Å². The first kappa shape index (κ1) is 15.7. The number of anilines is 1. The Bertz CT molecular complexity index is 628. The van der Waals surface area contributed by atoms with Gasteiger partial charge in [0.05, 0.1) is 24.5 Å². The fraction of sp³-hybridized carbons (Fsp3) is 0.846. The van der Waals surface area contributed by atoms with Gasteiger partial charge < -0.3 is 14.1 Å². The molecule has 0 aliphatic carbocycles. The van der Waals surface area contributed by atoms with E-state index in [1.165, 1.54) is 0 Å². The van der Waals surface area contributed by atoms with Crippen molar-refractivity contribution in [2.45, 2.75) is 32.3 Å². The lowest BCUT2D eigenvalue weighted by Gasteiger charge is -2.47. The summed E-state index contributed by atoms with van der Waals surface area (Å²) in [6.45, 7) is 6.06. The Balaban J connectivity index is 1.77. The van der Waals surface area contributed by atoms with Crippen LogP contribution in [0.3, 0.4) is 0 Å². The lowest BCUT2D eigenvalue weighted by molar-refractivity contribution is -0.0955. The van der Waals surface area contributed by atoms with E-state index in [0.717, 1.165) is 19.4 Å². The van der Waals surface area contributed by atoms with Crippen molar-refractivity contribution >= 4 is 16.0 Å². The van der Waals surface area contributed by atoms with Gasteiger partial charge in [-0.15, -0.1) is 5.10 Å². The summed E-state index contributed by atoms with van der Waals surface area (Å²) in [5.41, 5.74) is -0.485. The summed E-state index contributed by atoms with van der Waals surface area (Å²) in [7, 11) is -3.19. The number of hydrogen-bond acceptors (Lipinski definition) is 7. The molecule has 1 spiro atoms. The largest absolute Gasteiger partial charge is 0.408 e. The molecule has 22 heavy (non-hydrogen) atoms. The average molecular weight is 330 g/mol. The van der Waals surface area contributed by atoms with Crippen molar-refractivity contribution in [1.82, 2.24) is 14.5 Å². The Hall–Kier alpha value is -1.19. The van der Waals surface area contributed by atoms with Gasteiger partial charge in [0.25, 0.3) is 0 Å². The molecule has 0 unspecified atom stereocenters. The molecule has 0 radical (unpaired) electrons. The van der Waals surface area contributed by atoms with E-state index in [0.29, 0.717) is 38.1 Å². The third-order valence-electron chi connectivity index (χ3n) is 4.30. The molecule has 9 heteroatoms. The fourth-order valence-corrected chi connectivity index (χ4v) is 4.30. The van der Waals surface area contributed by atoms with Gasteiger partial charge >= 0.3 is 6.01 Å². The molecule has 0 amide bonds. The minimum atomic E-state index is -3.19. The van der Waals surface area contributed by atoms with Gasteiger partial charge in [-0.05, 0) is 19.8 Å². The quantitative estimate of drug-likeness (QED) is 0.792. The summed E-state index contributed by atoms with van der Waals surface area (Å²) in [6, 6.07) is 0.482. The molecule has 3 heterocycles. The monoisotopic (exact) mass is 330 g/mol. The highest BCUT2D eigenvalue weighted by molar-refractivity contribution is 7.89. The standard InChI is InChI=1S/C13H22N4O4S/c1-3-22(18,19)17-7-8-20-13(10-17)5-4-6-16(9-13)12-15-14-11(2)21-12/h3-10H2,1-2H3/t13-/m1/s1. The molecular weight excluding hydrogens is 308 g/mol. The van der Waals surface area contributed by atoms with E-state index in [1.807, 2.05) is 4.90 Å². The molecule has 8 nitrogen and oxygen atoms in total. The van der Waals surface area contributed by atoms with Gasteiger partial charge in [-0.1, -0.05) is 5.10 Å². The van der Waals surface area contributed by atoms with Crippen molar-refractivity contribution < 1.29 is 17.6 Å². The third kappa shape index (κ3) is 2.97. The first-order valence-electron chi connectivity index (χ1n) is 7.61. The Morgan fingerprint density at radius 3 is 2.77 bits per heavy atom. The molecular formula is C13H22N4O4S. The second kappa shape index (κ2) is 5.78. The summed E-state index contributed by atoms with van der Waals surface area (Å²) in [4.78, 5) is 1.99. The predicted octanol–water partition coefficient (Wildman–Crippen LogP) is 0.399. The molecule has 2 fully saturated rings. The summed E-state index contributed by atoms with van der Waals surface area (Å²) < 4.78 is 37.3. The Morgan fingerprint density at radius 1 is 1.27 bits per heavy atom. The van der Waals surface area contributed by atoms with Crippen LogP contribution in [-0.4, -0.2) is 67.1 Å². The van der Waals surface area contributed by atoms with Crippen LogP contribution in [0.4, 0.5) is 6.01 Å². The summed E-state index contributed by atoms with van der Waals surface area (Å²) >= 11 is 0. The highest BCUT2D eigenvalue weighted by Crippen LogP contribution is 2.32. The highest BCUT2D eigenvalue weighted by Gasteiger charge is 2.44. The molecule has 3 rings (SSSR count). The van der Waals surface area contributed by atoms with E-state index in [1.54, 1.807) is 18.2 Å². The number of ether oxygens (including phenoxy) is 1. The molecule has 0 saturated carbocycles. The number of aryl methyl sites for hydroxylation is 1. The van der Waals surface area contributed by atoms with Crippen LogP contribution >= 0.6 is 0 Å². The molecule has 124 valence electrons. The van der Waals surface area contributed by atoms with Gasteiger partial charge in [0.15, 0.2) is 0 Å². The van der Waals surface area contributed by atoms with Crippen LogP contribution in [0.5, 0.6) is 0 Å². The normalized spacial score (nSPS) is 27.5. The molecule has 1 aromatic rings. The first-order chi connectivity index (χ1) is 10.4. The van der Waals surface area contributed by atoms with Gasteiger partial charge in [-0.25, -0.2) is 8.42 Å². The lowest BCUT2D eigenvalue weighted by atomic mass is 9.91. The van der Waals surface area contributed by atoms with E-state index in [9.17, 15) is 8.42 Å². The van der Waals surface area contributed by atoms with Gasteiger partial charge in [-0.3, -0.25) is 0 Å². The molecule has 0 N–H and O–H groups in total. The number of piperidine rings is 1. The van der Waals surface area contributed by atoms with Crippen LogP contribution in [0.15, 0.2) is 4.42 Å². The van der Waals surface area contributed by atoms with E-state index < -0.39 is 15.6 Å². The van der Waals surface area contributed by atoms with E-state index >= 15 is 0 Å². The summed E-state index contributed by atoms with van der Waals surface area (Å²) in [5.74, 6) is 0.643. The van der Waals surface area contributed by atoms with Crippen molar-refractivity contribution in [3.05, 3.63) is 5.89 Å². The maximum Gasteiger partial charge on any atom is 0.318 e.